The first-order valence-electron chi connectivity index (χ1n) is 11.2. The number of rotatable bonds is 5. The molecule has 3 aliphatic rings. The Bertz CT molecular complexity index is 910. The predicted octanol–water partition coefficient (Wildman–Crippen LogP) is 5.79. The standard InChI is InChI=1S/C25H32BrNO2S/c1-30-13-10-21(22-14-19-8-11-27-12-9-20(19)15-24(22)26)23(16-30)18-5-2-17(3-6-18)4-7-25(28)29/h10,13-18,27H,2-9,11-12H2,1H3,(H,28,29)/t17-,18-,30?. The Morgan fingerprint density at radius 3 is 2.57 bits per heavy atom. The summed E-state index contributed by atoms with van der Waals surface area (Å²) >= 11 is 3.89. The molecule has 5 heteroatoms. The van der Waals surface area contributed by atoms with E-state index in [1.54, 1.807) is 0 Å². The average molecular weight is 491 g/mol. The third kappa shape index (κ3) is 5.17. The Balaban J connectivity index is 1.61. The van der Waals surface area contributed by atoms with Gasteiger partial charge in [-0.1, -0.05) is 15.9 Å². The fourth-order valence-corrected chi connectivity index (χ4v) is 6.88. The lowest BCUT2D eigenvalue weighted by Crippen LogP contribution is -2.19. The summed E-state index contributed by atoms with van der Waals surface area (Å²) in [5.41, 5.74) is 7.20. The Morgan fingerprint density at radius 2 is 1.87 bits per heavy atom. The van der Waals surface area contributed by atoms with E-state index in [2.05, 4.69) is 56.5 Å². The first kappa shape index (κ1) is 22.0. The molecular weight excluding hydrogens is 458 g/mol. The van der Waals surface area contributed by atoms with Crippen LogP contribution in [-0.4, -0.2) is 35.8 Å². The molecule has 1 saturated carbocycles. The van der Waals surface area contributed by atoms with E-state index in [1.807, 2.05) is 0 Å². The van der Waals surface area contributed by atoms with Gasteiger partial charge in [-0.3, -0.25) is 4.79 Å². The van der Waals surface area contributed by atoms with Gasteiger partial charge in [-0.2, -0.15) is 10.5 Å². The lowest BCUT2D eigenvalue weighted by Gasteiger charge is -2.31. The molecule has 0 aromatic heterocycles. The van der Waals surface area contributed by atoms with Crippen LogP contribution in [0.4, 0.5) is 0 Å². The first-order chi connectivity index (χ1) is 14.5. The number of carboxylic acid groups (broad SMARTS) is 1. The minimum Gasteiger partial charge on any atom is -0.481 e. The van der Waals surface area contributed by atoms with Crippen LogP contribution >= 0.6 is 26.4 Å². The van der Waals surface area contributed by atoms with E-state index in [0.717, 1.165) is 45.2 Å². The van der Waals surface area contributed by atoms with Crippen molar-refractivity contribution in [3.05, 3.63) is 50.4 Å². The summed E-state index contributed by atoms with van der Waals surface area (Å²) in [5.74, 6) is 0.506. The summed E-state index contributed by atoms with van der Waals surface area (Å²) in [4.78, 5) is 10.9. The lowest BCUT2D eigenvalue weighted by molar-refractivity contribution is -0.137. The van der Waals surface area contributed by atoms with Gasteiger partial charge in [0.1, 0.15) is 0 Å². The zero-order chi connectivity index (χ0) is 21.1. The minimum atomic E-state index is -0.661. The SMILES string of the molecule is CS1=CC([C@H]2CC[C@H](CCC(=O)O)CC2)=C(c2cc3c(cc2Br)CCNCC3)C=C1. The van der Waals surface area contributed by atoms with Gasteiger partial charge < -0.3 is 10.4 Å². The van der Waals surface area contributed by atoms with Gasteiger partial charge in [0, 0.05) is 10.9 Å². The fourth-order valence-electron chi connectivity index (χ4n) is 5.13. The van der Waals surface area contributed by atoms with Crippen molar-refractivity contribution in [1.29, 1.82) is 0 Å². The van der Waals surface area contributed by atoms with E-state index in [1.165, 1.54) is 45.2 Å². The molecule has 1 atom stereocenters. The monoisotopic (exact) mass is 489 g/mol. The van der Waals surface area contributed by atoms with Gasteiger partial charge in [-0.25, -0.2) is 0 Å². The van der Waals surface area contributed by atoms with Crippen molar-refractivity contribution >= 4 is 43.3 Å². The van der Waals surface area contributed by atoms with Gasteiger partial charge in [0.05, 0.1) is 0 Å². The summed E-state index contributed by atoms with van der Waals surface area (Å²) in [6.45, 7) is 2.12. The van der Waals surface area contributed by atoms with Crippen LogP contribution in [0.3, 0.4) is 0 Å². The molecular formula is C25H32BrNO2S. The van der Waals surface area contributed by atoms with Crippen molar-refractivity contribution in [2.45, 2.75) is 51.4 Å². The van der Waals surface area contributed by atoms with E-state index >= 15 is 0 Å². The molecule has 0 bridgehead atoms. The molecule has 1 unspecified atom stereocenters. The number of hydrogen-bond acceptors (Lipinski definition) is 2. The molecule has 162 valence electrons. The molecule has 30 heavy (non-hydrogen) atoms. The van der Waals surface area contributed by atoms with Crippen molar-refractivity contribution < 1.29 is 9.90 Å². The molecule has 0 spiro atoms. The third-order valence-corrected chi connectivity index (χ3v) is 8.70. The van der Waals surface area contributed by atoms with Crippen molar-refractivity contribution in [1.82, 2.24) is 5.32 Å². The number of benzene rings is 1. The van der Waals surface area contributed by atoms with Gasteiger partial charge in [0.25, 0.3) is 0 Å². The summed E-state index contributed by atoms with van der Waals surface area (Å²) in [6.07, 6.45) is 12.7. The van der Waals surface area contributed by atoms with Crippen LogP contribution in [0.5, 0.6) is 0 Å². The summed E-state index contributed by atoms with van der Waals surface area (Å²) in [6, 6.07) is 4.77. The fraction of sp³-hybridized carbons (Fsp3) is 0.520. The Kier molecular flexibility index (Phi) is 7.32. The van der Waals surface area contributed by atoms with Crippen molar-refractivity contribution in [3.8, 4) is 0 Å². The lowest BCUT2D eigenvalue weighted by atomic mass is 9.75. The van der Waals surface area contributed by atoms with Crippen LogP contribution in [-0.2, 0) is 17.6 Å². The summed E-state index contributed by atoms with van der Waals surface area (Å²) in [5, 5.41) is 17.3. The number of fused-ring (bicyclic) bond motifs is 1. The largest absolute Gasteiger partial charge is 0.481 e. The van der Waals surface area contributed by atoms with E-state index in [4.69, 9.17) is 5.11 Å². The molecule has 3 nitrogen and oxygen atoms in total. The molecule has 2 N–H and O–H groups in total. The molecule has 0 radical (unpaired) electrons. The van der Waals surface area contributed by atoms with Gasteiger partial charge in [0.15, 0.2) is 0 Å². The maximum Gasteiger partial charge on any atom is 0.303 e. The first-order valence-corrected chi connectivity index (χ1v) is 13.7. The molecule has 1 aromatic rings. The highest BCUT2D eigenvalue weighted by Crippen LogP contribution is 2.42. The molecule has 2 heterocycles. The van der Waals surface area contributed by atoms with Crippen molar-refractivity contribution in [2.24, 2.45) is 11.8 Å². The molecule has 4 rings (SSSR count). The predicted molar refractivity (Wildman–Crippen MR) is 132 cm³/mol. The summed E-state index contributed by atoms with van der Waals surface area (Å²) in [7, 11) is 0.187. The molecule has 0 saturated heterocycles. The van der Waals surface area contributed by atoms with Crippen LogP contribution in [0.2, 0.25) is 0 Å². The van der Waals surface area contributed by atoms with Crippen LogP contribution in [0.15, 0.2) is 33.7 Å². The number of carbonyl (C=O) groups is 1. The molecule has 1 aliphatic carbocycles. The van der Waals surface area contributed by atoms with Crippen LogP contribution in [0, 0.1) is 11.8 Å². The maximum absolute atomic E-state index is 10.9. The number of carboxylic acids is 1. The second-order valence-corrected chi connectivity index (χ2v) is 11.5. The minimum absolute atomic E-state index is 0.187. The number of allylic oxidation sites excluding steroid dienone is 3. The number of hydrogen-bond donors (Lipinski definition) is 2. The Morgan fingerprint density at radius 1 is 1.17 bits per heavy atom. The highest BCUT2D eigenvalue weighted by atomic mass is 79.9. The maximum atomic E-state index is 10.9. The van der Waals surface area contributed by atoms with E-state index < -0.39 is 5.97 Å². The van der Waals surface area contributed by atoms with Crippen molar-refractivity contribution in [3.63, 3.8) is 0 Å². The van der Waals surface area contributed by atoms with Crippen molar-refractivity contribution in [2.75, 3.05) is 19.3 Å². The van der Waals surface area contributed by atoms with Gasteiger partial charge in [0.2, 0.25) is 0 Å². The number of nitrogens with one attached hydrogen (secondary N) is 1. The normalized spacial score (nSPS) is 26.7. The van der Waals surface area contributed by atoms with E-state index in [9.17, 15) is 4.79 Å². The summed E-state index contributed by atoms with van der Waals surface area (Å²) < 4.78 is 1.21. The zero-order valence-corrected chi connectivity index (χ0v) is 20.2. The zero-order valence-electron chi connectivity index (χ0n) is 17.8. The highest BCUT2D eigenvalue weighted by molar-refractivity contribution is 9.10. The van der Waals surface area contributed by atoms with Crippen LogP contribution in [0.1, 0.15) is 55.2 Å². The topological polar surface area (TPSA) is 49.3 Å². The van der Waals surface area contributed by atoms with Crippen LogP contribution < -0.4 is 5.32 Å². The van der Waals surface area contributed by atoms with Gasteiger partial charge in [-0.15, -0.1) is 0 Å². The Labute approximate surface area is 191 Å². The second-order valence-electron chi connectivity index (χ2n) is 8.90. The Hall–Kier alpha value is -1.17. The molecule has 0 amide bonds. The van der Waals surface area contributed by atoms with Gasteiger partial charge in [-0.05, 0) is 133 Å². The quantitative estimate of drug-likeness (QED) is 0.514. The third-order valence-electron chi connectivity index (χ3n) is 6.85. The molecule has 1 aromatic carbocycles. The van der Waals surface area contributed by atoms with E-state index in [-0.39, 0.29) is 10.5 Å². The molecule has 1 fully saturated rings. The molecule has 2 aliphatic heterocycles. The average Bonchev–Trinajstić information content (AvgIpc) is 2.97. The number of aliphatic carboxylic acids is 1. The second kappa shape index (κ2) is 9.97. The smallest absolute Gasteiger partial charge is 0.303 e. The van der Waals surface area contributed by atoms with Crippen LogP contribution in [0.25, 0.3) is 5.57 Å². The number of halogens is 1. The van der Waals surface area contributed by atoms with Gasteiger partial charge >= 0.3 is 5.97 Å². The highest BCUT2D eigenvalue weighted by Gasteiger charge is 2.27. The van der Waals surface area contributed by atoms with E-state index in [0.29, 0.717) is 18.3 Å².